The lowest BCUT2D eigenvalue weighted by atomic mass is 9.75. The molecule has 2 unspecified atom stereocenters. The molecule has 0 rings (SSSR count). The highest BCUT2D eigenvalue weighted by atomic mass is 14.3. The second-order valence-electron chi connectivity index (χ2n) is 5.17. The molecular weight excluding hydrogens is 156 g/mol. The van der Waals surface area contributed by atoms with Crippen LogP contribution in [0.25, 0.3) is 0 Å². The van der Waals surface area contributed by atoms with E-state index < -0.39 is 0 Å². The summed E-state index contributed by atoms with van der Waals surface area (Å²) in [5.41, 5.74) is 0.351. The first-order chi connectivity index (χ1) is 5.93. The van der Waals surface area contributed by atoms with Gasteiger partial charge in [0, 0.05) is 0 Å². The minimum absolute atomic E-state index is 0.351. The average Bonchev–Trinajstić information content (AvgIpc) is 2.02. The van der Waals surface area contributed by atoms with Crippen LogP contribution in [-0.4, -0.2) is 0 Å². The van der Waals surface area contributed by atoms with Gasteiger partial charge >= 0.3 is 0 Å². The third kappa shape index (κ3) is 5.13. The molecule has 0 heteroatoms. The Kier molecular flexibility index (Phi) is 5.36. The van der Waals surface area contributed by atoms with Crippen LogP contribution < -0.4 is 0 Å². The molecule has 0 aromatic carbocycles. The summed E-state index contributed by atoms with van der Waals surface area (Å²) in [5, 5.41) is 0. The topological polar surface area (TPSA) is 0 Å². The van der Waals surface area contributed by atoms with Gasteiger partial charge in [-0.05, 0) is 30.1 Å². The third-order valence-corrected chi connectivity index (χ3v) is 2.88. The highest BCUT2D eigenvalue weighted by Gasteiger charge is 2.23. The second kappa shape index (κ2) is 5.47. The summed E-state index contributed by atoms with van der Waals surface area (Å²) in [6.07, 6.45) is 5.98. The smallest absolute Gasteiger partial charge is 0.0144 e. The van der Waals surface area contributed by atoms with Crippen molar-refractivity contribution in [1.29, 1.82) is 0 Å². The standard InChI is InChI=1S/C13H26/c1-7-12(5)10-13(6,8-2)9-11(3)4/h8,11-12H,2,7,9-10H2,1,3-6H3. The molecule has 0 bridgehead atoms. The van der Waals surface area contributed by atoms with Crippen molar-refractivity contribution >= 4 is 0 Å². The molecule has 0 saturated heterocycles. The third-order valence-electron chi connectivity index (χ3n) is 2.88. The molecule has 0 radical (unpaired) electrons. The van der Waals surface area contributed by atoms with Crippen LogP contribution in [0.4, 0.5) is 0 Å². The van der Waals surface area contributed by atoms with E-state index in [4.69, 9.17) is 0 Å². The normalized spacial score (nSPS) is 18.3. The van der Waals surface area contributed by atoms with E-state index in [0.29, 0.717) is 5.41 Å². The summed E-state index contributed by atoms with van der Waals surface area (Å²) in [6.45, 7) is 15.5. The molecule has 0 heterocycles. The van der Waals surface area contributed by atoms with Crippen molar-refractivity contribution in [1.82, 2.24) is 0 Å². The summed E-state index contributed by atoms with van der Waals surface area (Å²) in [4.78, 5) is 0. The van der Waals surface area contributed by atoms with Crippen molar-refractivity contribution in [2.45, 2.75) is 53.9 Å². The minimum Gasteiger partial charge on any atom is -0.103 e. The summed E-state index contributed by atoms with van der Waals surface area (Å²) < 4.78 is 0. The van der Waals surface area contributed by atoms with Gasteiger partial charge in [-0.2, -0.15) is 0 Å². The van der Waals surface area contributed by atoms with Gasteiger partial charge < -0.3 is 0 Å². The van der Waals surface area contributed by atoms with Crippen molar-refractivity contribution in [2.75, 3.05) is 0 Å². The summed E-state index contributed by atoms with van der Waals surface area (Å²) >= 11 is 0. The van der Waals surface area contributed by atoms with Gasteiger partial charge in [0.2, 0.25) is 0 Å². The van der Waals surface area contributed by atoms with Crippen LogP contribution in [0.5, 0.6) is 0 Å². The van der Waals surface area contributed by atoms with Crippen molar-refractivity contribution in [3.05, 3.63) is 12.7 Å². The van der Waals surface area contributed by atoms with E-state index in [1.165, 1.54) is 19.3 Å². The molecule has 0 nitrogen and oxygen atoms in total. The summed E-state index contributed by atoms with van der Waals surface area (Å²) in [6, 6.07) is 0. The predicted molar refractivity (Wildman–Crippen MR) is 61.8 cm³/mol. The van der Waals surface area contributed by atoms with Crippen LogP contribution in [0.3, 0.4) is 0 Å². The fourth-order valence-electron chi connectivity index (χ4n) is 2.12. The van der Waals surface area contributed by atoms with Crippen LogP contribution in [-0.2, 0) is 0 Å². The fraction of sp³-hybridized carbons (Fsp3) is 0.846. The van der Waals surface area contributed by atoms with E-state index in [-0.39, 0.29) is 0 Å². The molecule has 0 aliphatic heterocycles. The molecule has 13 heavy (non-hydrogen) atoms. The van der Waals surface area contributed by atoms with Gasteiger partial charge in [0.15, 0.2) is 0 Å². The van der Waals surface area contributed by atoms with E-state index in [0.717, 1.165) is 11.8 Å². The van der Waals surface area contributed by atoms with Crippen LogP contribution in [0.15, 0.2) is 12.7 Å². The van der Waals surface area contributed by atoms with Crippen molar-refractivity contribution < 1.29 is 0 Å². The Hall–Kier alpha value is -0.260. The van der Waals surface area contributed by atoms with E-state index in [9.17, 15) is 0 Å². The Bertz CT molecular complexity index is 146. The van der Waals surface area contributed by atoms with Gasteiger partial charge in [0.1, 0.15) is 0 Å². The van der Waals surface area contributed by atoms with Crippen LogP contribution in [0, 0.1) is 17.3 Å². The lowest BCUT2D eigenvalue weighted by Gasteiger charge is -2.30. The minimum atomic E-state index is 0.351. The van der Waals surface area contributed by atoms with E-state index in [2.05, 4.69) is 47.3 Å². The summed E-state index contributed by atoms with van der Waals surface area (Å²) in [7, 11) is 0. The molecule has 0 aromatic rings. The quantitative estimate of drug-likeness (QED) is 0.524. The largest absolute Gasteiger partial charge is 0.103 e. The Morgan fingerprint density at radius 3 is 2.08 bits per heavy atom. The highest BCUT2D eigenvalue weighted by molar-refractivity contribution is 4.92. The Balaban J connectivity index is 4.18. The zero-order valence-corrected chi connectivity index (χ0v) is 10.1. The van der Waals surface area contributed by atoms with E-state index in [1.807, 2.05) is 0 Å². The SMILES string of the molecule is C=CC(C)(CC(C)C)CC(C)CC. The monoisotopic (exact) mass is 182 g/mol. The van der Waals surface area contributed by atoms with Crippen LogP contribution in [0.1, 0.15) is 53.9 Å². The first-order valence-electron chi connectivity index (χ1n) is 5.57. The van der Waals surface area contributed by atoms with Gasteiger partial charge in [-0.15, -0.1) is 6.58 Å². The number of rotatable bonds is 6. The molecule has 0 N–H and O–H groups in total. The van der Waals surface area contributed by atoms with Gasteiger partial charge in [-0.1, -0.05) is 47.1 Å². The fourth-order valence-corrected chi connectivity index (χ4v) is 2.12. The Morgan fingerprint density at radius 2 is 1.77 bits per heavy atom. The van der Waals surface area contributed by atoms with Crippen LogP contribution in [0.2, 0.25) is 0 Å². The first kappa shape index (κ1) is 12.7. The number of hydrogen-bond donors (Lipinski definition) is 0. The molecule has 2 atom stereocenters. The van der Waals surface area contributed by atoms with Crippen molar-refractivity contribution in [3.63, 3.8) is 0 Å². The number of hydrogen-bond acceptors (Lipinski definition) is 0. The summed E-state index contributed by atoms with van der Waals surface area (Å²) in [5.74, 6) is 1.59. The second-order valence-corrected chi connectivity index (χ2v) is 5.17. The molecule has 0 aliphatic rings. The molecule has 0 aromatic heterocycles. The maximum atomic E-state index is 3.97. The van der Waals surface area contributed by atoms with Crippen molar-refractivity contribution in [3.8, 4) is 0 Å². The average molecular weight is 182 g/mol. The van der Waals surface area contributed by atoms with E-state index >= 15 is 0 Å². The zero-order valence-electron chi connectivity index (χ0n) is 10.1. The molecule has 78 valence electrons. The molecule has 0 fully saturated rings. The lowest BCUT2D eigenvalue weighted by molar-refractivity contribution is 0.262. The Labute approximate surface area is 84.4 Å². The van der Waals surface area contributed by atoms with Crippen molar-refractivity contribution in [2.24, 2.45) is 17.3 Å². The highest BCUT2D eigenvalue weighted by Crippen LogP contribution is 2.34. The van der Waals surface area contributed by atoms with Gasteiger partial charge in [-0.25, -0.2) is 0 Å². The molecular formula is C13H26. The van der Waals surface area contributed by atoms with Gasteiger partial charge in [0.25, 0.3) is 0 Å². The molecule has 0 saturated carbocycles. The maximum Gasteiger partial charge on any atom is -0.0144 e. The number of allylic oxidation sites excluding steroid dienone is 1. The zero-order chi connectivity index (χ0) is 10.5. The lowest BCUT2D eigenvalue weighted by Crippen LogP contribution is -2.19. The van der Waals surface area contributed by atoms with E-state index in [1.54, 1.807) is 0 Å². The van der Waals surface area contributed by atoms with Gasteiger partial charge in [0.05, 0.1) is 0 Å². The molecule has 0 aliphatic carbocycles. The molecule has 0 spiro atoms. The Morgan fingerprint density at radius 1 is 1.23 bits per heavy atom. The predicted octanol–water partition coefficient (Wildman–Crippen LogP) is 4.66. The first-order valence-corrected chi connectivity index (χ1v) is 5.57. The van der Waals surface area contributed by atoms with Gasteiger partial charge in [-0.3, -0.25) is 0 Å². The van der Waals surface area contributed by atoms with Crippen LogP contribution >= 0.6 is 0 Å². The molecule has 0 amide bonds. The maximum absolute atomic E-state index is 3.97.